The lowest BCUT2D eigenvalue weighted by atomic mass is 9.94. The topological polar surface area (TPSA) is 73.5 Å². The Hall–Kier alpha value is -2.21. The average Bonchev–Trinajstić information content (AvgIpc) is 3.17. The number of piperidine rings is 1. The number of nitrogens with one attached hydrogen (secondary N) is 2. The zero-order chi connectivity index (χ0) is 14.1. The molecule has 0 aromatic carbocycles. The summed E-state index contributed by atoms with van der Waals surface area (Å²) in [5.41, 5.74) is 3.23. The predicted molar refractivity (Wildman–Crippen MR) is 79.7 cm³/mol. The van der Waals surface area contributed by atoms with Gasteiger partial charge in [-0.25, -0.2) is 9.97 Å². The first-order valence-corrected chi connectivity index (χ1v) is 7.38. The first kappa shape index (κ1) is 12.5. The molecule has 21 heavy (non-hydrogen) atoms. The minimum Gasteiger partial charge on any atom is -0.347 e. The molecule has 0 radical (unpaired) electrons. The molecule has 0 bridgehead atoms. The van der Waals surface area contributed by atoms with Crippen molar-refractivity contribution in [3.63, 3.8) is 0 Å². The summed E-state index contributed by atoms with van der Waals surface area (Å²) in [6.07, 6.45) is 7.87. The third-order valence-electron chi connectivity index (χ3n) is 4.19. The summed E-state index contributed by atoms with van der Waals surface area (Å²) >= 11 is 0. The van der Waals surface area contributed by atoms with E-state index >= 15 is 0 Å². The molecule has 0 saturated carbocycles. The zero-order valence-corrected chi connectivity index (χ0v) is 11.8. The van der Waals surface area contributed by atoms with Gasteiger partial charge in [-0.05, 0) is 31.5 Å². The molecule has 108 valence electrons. The number of H-pyrrole nitrogens is 2. The number of pyridine rings is 1. The molecule has 3 aromatic rings. The van der Waals surface area contributed by atoms with Crippen LogP contribution >= 0.6 is 0 Å². The van der Waals surface area contributed by atoms with Crippen molar-refractivity contribution in [2.75, 3.05) is 13.1 Å². The van der Waals surface area contributed by atoms with Crippen molar-refractivity contribution < 1.29 is 0 Å². The van der Waals surface area contributed by atoms with E-state index in [2.05, 4.69) is 37.2 Å². The molecule has 0 aliphatic carbocycles. The number of rotatable bonds is 3. The summed E-state index contributed by atoms with van der Waals surface area (Å²) < 4.78 is 0. The van der Waals surface area contributed by atoms with Gasteiger partial charge >= 0.3 is 0 Å². The van der Waals surface area contributed by atoms with Crippen LogP contribution in [0.4, 0.5) is 0 Å². The Morgan fingerprint density at radius 2 is 2.29 bits per heavy atom. The molecule has 1 aliphatic rings. The fraction of sp³-hybridized carbons (Fsp3) is 0.400. The molecule has 6 nitrogen and oxygen atoms in total. The molecular weight excluding hydrogens is 264 g/mol. The van der Waals surface area contributed by atoms with Crippen molar-refractivity contribution in [3.8, 4) is 0 Å². The standard InChI is InChI=1S/C15H18N6/c1-2-12(8-21(5-1)9-13-7-16-10-17-13)14-4-3-11-6-18-20-15(11)19-14/h3-4,6-7,10,12H,1-2,5,8-9H2,(H,16,17)(H,18,19,20)/t12-/m0/s1. The van der Waals surface area contributed by atoms with E-state index in [9.17, 15) is 0 Å². The Balaban J connectivity index is 1.51. The van der Waals surface area contributed by atoms with Gasteiger partial charge in [-0.1, -0.05) is 0 Å². The van der Waals surface area contributed by atoms with Crippen molar-refractivity contribution >= 4 is 11.0 Å². The highest BCUT2D eigenvalue weighted by molar-refractivity contribution is 5.73. The molecule has 1 fully saturated rings. The van der Waals surface area contributed by atoms with E-state index in [0.717, 1.165) is 30.7 Å². The van der Waals surface area contributed by atoms with Gasteiger partial charge < -0.3 is 4.98 Å². The van der Waals surface area contributed by atoms with E-state index in [0.29, 0.717) is 5.92 Å². The van der Waals surface area contributed by atoms with Crippen molar-refractivity contribution in [2.45, 2.75) is 25.3 Å². The molecule has 3 aromatic heterocycles. The van der Waals surface area contributed by atoms with Crippen molar-refractivity contribution in [1.29, 1.82) is 0 Å². The van der Waals surface area contributed by atoms with E-state index in [4.69, 9.17) is 4.98 Å². The molecule has 0 spiro atoms. The largest absolute Gasteiger partial charge is 0.347 e. The molecule has 0 amide bonds. The highest BCUT2D eigenvalue weighted by Crippen LogP contribution is 2.27. The lowest BCUT2D eigenvalue weighted by molar-refractivity contribution is 0.197. The monoisotopic (exact) mass is 282 g/mol. The van der Waals surface area contributed by atoms with Crippen LogP contribution in [0.2, 0.25) is 0 Å². The molecule has 1 aliphatic heterocycles. The highest BCUT2D eigenvalue weighted by atomic mass is 15.2. The Morgan fingerprint density at radius 1 is 1.29 bits per heavy atom. The second kappa shape index (κ2) is 5.29. The molecule has 4 rings (SSSR count). The Morgan fingerprint density at radius 3 is 3.19 bits per heavy atom. The highest BCUT2D eigenvalue weighted by Gasteiger charge is 2.23. The van der Waals surface area contributed by atoms with Crippen LogP contribution in [-0.2, 0) is 6.54 Å². The van der Waals surface area contributed by atoms with Gasteiger partial charge in [0, 0.05) is 42.0 Å². The second-order valence-electron chi connectivity index (χ2n) is 5.70. The van der Waals surface area contributed by atoms with Gasteiger partial charge in [-0.3, -0.25) is 10.00 Å². The number of imidazole rings is 1. The van der Waals surface area contributed by atoms with Crippen LogP contribution in [0.3, 0.4) is 0 Å². The van der Waals surface area contributed by atoms with Crippen LogP contribution < -0.4 is 0 Å². The second-order valence-corrected chi connectivity index (χ2v) is 5.70. The third-order valence-corrected chi connectivity index (χ3v) is 4.19. The number of aromatic amines is 2. The molecule has 1 atom stereocenters. The average molecular weight is 282 g/mol. The molecule has 6 heteroatoms. The maximum Gasteiger partial charge on any atom is 0.155 e. The number of nitrogens with zero attached hydrogens (tertiary/aromatic N) is 4. The van der Waals surface area contributed by atoms with E-state index in [1.165, 1.54) is 24.2 Å². The van der Waals surface area contributed by atoms with E-state index in [1.807, 2.05) is 12.4 Å². The molecule has 2 N–H and O–H groups in total. The lowest BCUT2D eigenvalue weighted by Gasteiger charge is -2.32. The quantitative estimate of drug-likeness (QED) is 0.771. The number of aromatic nitrogens is 5. The normalized spacial score (nSPS) is 20.1. The molecule has 1 saturated heterocycles. The summed E-state index contributed by atoms with van der Waals surface area (Å²) in [5.74, 6) is 0.495. The number of likely N-dealkylation sites (tertiary alicyclic amines) is 1. The smallest absolute Gasteiger partial charge is 0.155 e. The van der Waals surface area contributed by atoms with Crippen molar-refractivity contribution in [2.24, 2.45) is 0 Å². The summed E-state index contributed by atoms with van der Waals surface area (Å²) in [5, 5.41) is 8.08. The molecule has 4 heterocycles. The van der Waals surface area contributed by atoms with Crippen LogP contribution in [0.1, 0.15) is 30.1 Å². The molecular formula is C15H18N6. The van der Waals surface area contributed by atoms with Gasteiger partial charge in [0.25, 0.3) is 0 Å². The third kappa shape index (κ3) is 2.54. The maximum absolute atomic E-state index is 4.73. The lowest BCUT2D eigenvalue weighted by Crippen LogP contribution is -2.34. The van der Waals surface area contributed by atoms with Gasteiger partial charge in [0.05, 0.1) is 12.5 Å². The first-order chi connectivity index (χ1) is 10.4. The SMILES string of the molecule is c1ncc(CN2CCC[C@H](c3ccc4cn[nH]c4n3)C2)[nH]1. The fourth-order valence-corrected chi connectivity index (χ4v) is 3.12. The Kier molecular flexibility index (Phi) is 3.16. The van der Waals surface area contributed by atoms with E-state index < -0.39 is 0 Å². The van der Waals surface area contributed by atoms with Gasteiger partial charge in [0.1, 0.15) is 0 Å². The van der Waals surface area contributed by atoms with Crippen LogP contribution in [0.15, 0.2) is 30.9 Å². The number of hydrogen-bond donors (Lipinski definition) is 2. The van der Waals surface area contributed by atoms with Gasteiger partial charge in [0.2, 0.25) is 0 Å². The summed E-state index contributed by atoms with van der Waals surface area (Å²) in [4.78, 5) is 14.5. The maximum atomic E-state index is 4.73. The van der Waals surface area contributed by atoms with Gasteiger partial charge in [-0.15, -0.1) is 0 Å². The minimum absolute atomic E-state index is 0.495. The predicted octanol–water partition coefficient (Wildman–Crippen LogP) is 2.06. The number of fused-ring (bicyclic) bond motifs is 1. The van der Waals surface area contributed by atoms with Crippen LogP contribution in [0.25, 0.3) is 11.0 Å². The van der Waals surface area contributed by atoms with E-state index in [-0.39, 0.29) is 0 Å². The van der Waals surface area contributed by atoms with E-state index in [1.54, 1.807) is 6.33 Å². The van der Waals surface area contributed by atoms with Gasteiger partial charge in [0.15, 0.2) is 5.65 Å². The minimum atomic E-state index is 0.495. The van der Waals surface area contributed by atoms with Gasteiger partial charge in [-0.2, -0.15) is 5.10 Å². The van der Waals surface area contributed by atoms with Crippen molar-refractivity contribution in [1.82, 2.24) is 30.0 Å². The fourth-order valence-electron chi connectivity index (χ4n) is 3.12. The Bertz CT molecular complexity index is 717. The van der Waals surface area contributed by atoms with Crippen molar-refractivity contribution in [3.05, 3.63) is 42.2 Å². The van der Waals surface area contributed by atoms with Crippen LogP contribution in [0.5, 0.6) is 0 Å². The molecule has 0 unspecified atom stereocenters. The Labute approximate surface area is 122 Å². The summed E-state index contributed by atoms with van der Waals surface area (Å²) in [6, 6.07) is 4.25. The van der Waals surface area contributed by atoms with Crippen LogP contribution in [0, 0.1) is 0 Å². The summed E-state index contributed by atoms with van der Waals surface area (Å²) in [7, 11) is 0. The number of hydrogen-bond acceptors (Lipinski definition) is 4. The summed E-state index contributed by atoms with van der Waals surface area (Å²) in [6.45, 7) is 3.12. The zero-order valence-electron chi connectivity index (χ0n) is 11.8. The first-order valence-electron chi connectivity index (χ1n) is 7.38. The van der Waals surface area contributed by atoms with Crippen LogP contribution in [-0.4, -0.2) is 43.1 Å².